The van der Waals surface area contributed by atoms with Crippen LogP contribution in [0, 0.1) is 11.8 Å². The molecule has 0 spiro atoms. The number of aromatic nitrogens is 3. The van der Waals surface area contributed by atoms with E-state index >= 15 is 0 Å². The Labute approximate surface area is 203 Å². The van der Waals surface area contributed by atoms with Gasteiger partial charge in [-0.3, -0.25) is 19.0 Å². The van der Waals surface area contributed by atoms with Crippen molar-refractivity contribution in [2.75, 3.05) is 6.54 Å². The van der Waals surface area contributed by atoms with Gasteiger partial charge in [-0.1, -0.05) is 42.2 Å². The Hall–Kier alpha value is -4.15. The van der Waals surface area contributed by atoms with Crippen LogP contribution in [0.2, 0.25) is 0 Å². The molecule has 35 heavy (non-hydrogen) atoms. The number of nitrogens with zero attached hydrogens (tertiary/aromatic N) is 4. The third-order valence-electron chi connectivity index (χ3n) is 6.24. The molecule has 2 atom stereocenters. The summed E-state index contributed by atoms with van der Waals surface area (Å²) in [6, 6.07) is 16.3. The van der Waals surface area contributed by atoms with Crippen LogP contribution in [0.3, 0.4) is 0 Å². The van der Waals surface area contributed by atoms with E-state index in [2.05, 4.69) is 27.2 Å². The molecule has 1 fully saturated rings. The molecule has 176 valence electrons. The number of nitrogens with one attached hydrogen (secondary N) is 1. The van der Waals surface area contributed by atoms with E-state index in [4.69, 9.17) is 0 Å². The van der Waals surface area contributed by atoms with Crippen molar-refractivity contribution < 1.29 is 5.11 Å². The molecule has 0 amide bonds. The number of hydrogen-bond donors (Lipinski definition) is 1. The Morgan fingerprint density at radius 1 is 1.20 bits per heavy atom. The quantitative estimate of drug-likeness (QED) is 0.286. The van der Waals surface area contributed by atoms with Gasteiger partial charge in [0, 0.05) is 30.5 Å². The fourth-order valence-corrected chi connectivity index (χ4v) is 4.50. The van der Waals surface area contributed by atoms with Crippen LogP contribution < -0.4 is 16.0 Å². The predicted molar refractivity (Wildman–Crippen MR) is 136 cm³/mol. The van der Waals surface area contributed by atoms with E-state index in [0.29, 0.717) is 16.6 Å². The maximum absolute atomic E-state index is 14.0. The summed E-state index contributed by atoms with van der Waals surface area (Å²) < 4.78 is 3.34. The summed E-state index contributed by atoms with van der Waals surface area (Å²) in [5.74, 6) is 6.09. The van der Waals surface area contributed by atoms with Gasteiger partial charge in [-0.15, -0.1) is 0 Å². The van der Waals surface area contributed by atoms with Gasteiger partial charge in [-0.05, 0) is 61.9 Å². The van der Waals surface area contributed by atoms with E-state index in [1.54, 1.807) is 15.4 Å². The van der Waals surface area contributed by atoms with E-state index in [0.717, 1.165) is 36.0 Å². The molecule has 2 aromatic heterocycles. The first-order valence-electron chi connectivity index (χ1n) is 11.7. The minimum atomic E-state index is -0.493. The van der Waals surface area contributed by atoms with Gasteiger partial charge in [0.2, 0.25) is 0 Å². The highest BCUT2D eigenvalue weighted by Gasteiger charge is 2.19. The number of fused-ring (bicyclic) bond motifs is 1. The zero-order valence-electron chi connectivity index (χ0n) is 19.7. The molecule has 0 bridgehead atoms. The van der Waals surface area contributed by atoms with Crippen LogP contribution in [0.25, 0.3) is 16.5 Å². The van der Waals surface area contributed by atoms with Crippen molar-refractivity contribution in [3.8, 4) is 17.5 Å². The lowest BCUT2D eigenvalue weighted by Gasteiger charge is -2.23. The molecule has 1 aliphatic rings. The highest BCUT2D eigenvalue weighted by molar-refractivity contribution is 5.88. The Morgan fingerprint density at radius 2 is 2.03 bits per heavy atom. The smallest absolute Gasteiger partial charge is 0.264 e. The Kier molecular flexibility index (Phi) is 6.21. The zero-order valence-corrected chi connectivity index (χ0v) is 19.7. The van der Waals surface area contributed by atoms with E-state index in [-0.39, 0.29) is 17.5 Å². The van der Waals surface area contributed by atoms with Gasteiger partial charge in [0.1, 0.15) is 0 Å². The molecule has 7 nitrogen and oxygen atoms in total. The first kappa shape index (κ1) is 22.6. The Bertz CT molecular complexity index is 1520. The molecule has 2 unspecified atom stereocenters. The van der Waals surface area contributed by atoms with Crippen LogP contribution in [0.1, 0.15) is 42.6 Å². The first-order valence-corrected chi connectivity index (χ1v) is 11.7. The number of para-hydroxylation sites is 1. The zero-order chi connectivity index (χ0) is 24.4. The van der Waals surface area contributed by atoms with E-state index in [1.807, 2.05) is 74.8 Å². The van der Waals surface area contributed by atoms with Crippen molar-refractivity contribution in [2.24, 2.45) is 12.0 Å². The Balaban J connectivity index is 1.68. The molecule has 0 aliphatic carbocycles. The van der Waals surface area contributed by atoms with Crippen molar-refractivity contribution in [1.82, 2.24) is 19.7 Å². The lowest BCUT2D eigenvalue weighted by atomic mass is 10.0. The molecule has 4 aromatic rings. The standard InChI is InChI=1S/C28H27N5O2/c1-19(31-27(34)24-12-7-15-29-24)25-16-22-9-6-8-21(14-13-20-17-30-32(2)18-20)26(22)28(35)33(25)23-10-4-3-5-11-23/h3-6,8-11,16-19,24,29H,7,12,15H2,1-2H3,(H,31,34)/p-1. The summed E-state index contributed by atoms with van der Waals surface area (Å²) in [7, 11) is 1.84. The predicted octanol–water partition coefficient (Wildman–Crippen LogP) is 2.70. The molecule has 2 aromatic carbocycles. The van der Waals surface area contributed by atoms with Gasteiger partial charge in [0.05, 0.1) is 28.9 Å². The molecular weight excluding hydrogens is 438 g/mol. The van der Waals surface area contributed by atoms with Gasteiger partial charge in [-0.2, -0.15) is 5.10 Å². The summed E-state index contributed by atoms with van der Waals surface area (Å²) in [6.07, 6.45) is 5.28. The summed E-state index contributed by atoms with van der Waals surface area (Å²) in [5, 5.41) is 21.4. The number of aryl methyl sites for hydroxylation is 1. The van der Waals surface area contributed by atoms with Crippen LogP contribution >= 0.6 is 0 Å². The third kappa shape index (κ3) is 4.61. The summed E-state index contributed by atoms with van der Waals surface area (Å²) in [5.41, 5.74) is 2.61. The van der Waals surface area contributed by atoms with Crippen LogP contribution in [0.5, 0.6) is 0 Å². The molecule has 0 saturated carbocycles. The molecule has 0 radical (unpaired) electrons. The monoisotopic (exact) mass is 464 g/mol. The highest BCUT2D eigenvalue weighted by Crippen LogP contribution is 2.25. The highest BCUT2D eigenvalue weighted by atomic mass is 16.3. The fraction of sp³-hybridized carbons (Fsp3) is 0.250. The Morgan fingerprint density at radius 3 is 2.74 bits per heavy atom. The van der Waals surface area contributed by atoms with E-state index < -0.39 is 6.04 Å². The van der Waals surface area contributed by atoms with E-state index in [1.165, 1.54) is 0 Å². The normalized spacial score (nSPS) is 16.7. The van der Waals surface area contributed by atoms with Crippen LogP contribution in [0.15, 0.2) is 76.8 Å². The summed E-state index contributed by atoms with van der Waals surface area (Å²) >= 11 is 0. The fourth-order valence-electron chi connectivity index (χ4n) is 4.50. The lowest BCUT2D eigenvalue weighted by Crippen LogP contribution is -2.39. The van der Waals surface area contributed by atoms with Gasteiger partial charge in [0.25, 0.3) is 5.56 Å². The van der Waals surface area contributed by atoms with Crippen molar-refractivity contribution in [3.63, 3.8) is 0 Å². The molecule has 3 heterocycles. The van der Waals surface area contributed by atoms with Crippen LogP contribution in [0.4, 0.5) is 0 Å². The second kappa shape index (κ2) is 9.61. The van der Waals surface area contributed by atoms with Gasteiger partial charge in [-0.25, -0.2) is 0 Å². The second-order valence-corrected chi connectivity index (χ2v) is 8.76. The maximum atomic E-state index is 14.0. The van der Waals surface area contributed by atoms with Crippen molar-refractivity contribution in [3.05, 3.63) is 94.2 Å². The van der Waals surface area contributed by atoms with Gasteiger partial charge in [0.15, 0.2) is 0 Å². The number of hydrogen-bond acceptors (Lipinski definition) is 5. The van der Waals surface area contributed by atoms with Gasteiger partial charge >= 0.3 is 0 Å². The molecule has 1 N–H and O–H groups in total. The number of pyridine rings is 1. The molecule has 5 rings (SSSR count). The van der Waals surface area contributed by atoms with Crippen molar-refractivity contribution >= 4 is 16.7 Å². The molecular formula is C28H26N5O2-. The minimum Gasteiger partial charge on any atom is -0.861 e. The summed E-state index contributed by atoms with van der Waals surface area (Å²) in [4.78, 5) is 18.4. The largest absolute Gasteiger partial charge is 0.861 e. The summed E-state index contributed by atoms with van der Waals surface area (Å²) in [6.45, 7) is 2.69. The number of benzene rings is 2. The van der Waals surface area contributed by atoms with Crippen LogP contribution in [-0.2, 0) is 7.05 Å². The first-order chi connectivity index (χ1) is 17.0. The third-order valence-corrected chi connectivity index (χ3v) is 6.24. The molecule has 1 aliphatic heterocycles. The average molecular weight is 465 g/mol. The molecule has 7 heteroatoms. The average Bonchev–Trinajstić information content (AvgIpc) is 3.55. The number of aliphatic imine (C=N–C) groups is 1. The maximum Gasteiger partial charge on any atom is 0.264 e. The number of rotatable bonds is 4. The topological polar surface area (TPSA) is 87.3 Å². The van der Waals surface area contributed by atoms with Crippen molar-refractivity contribution in [1.29, 1.82) is 0 Å². The van der Waals surface area contributed by atoms with Crippen molar-refractivity contribution in [2.45, 2.75) is 31.8 Å². The second-order valence-electron chi connectivity index (χ2n) is 8.76. The lowest BCUT2D eigenvalue weighted by molar-refractivity contribution is -0.221. The van der Waals surface area contributed by atoms with E-state index in [9.17, 15) is 9.90 Å². The minimum absolute atomic E-state index is 0.168. The van der Waals surface area contributed by atoms with Gasteiger partial charge < -0.3 is 10.4 Å². The molecule has 1 saturated heterocycles. The SMILES string of the molecule is CC(N=C([O-])C1CCCN1)c1cc2cccc(C#Cc3cnn(C)c3)c2c(=O)n1-c1ccccc1. The van der Waals surface area contributed by atoms with Crippen LogP contribution in [-0.4, -0.2) is 32.8 Å².